The SMILES string of the molecule is CCCCCCCCC(CCCCCC)CN1C(=O)/C(=C2/C(=O)N(CC(CCCCCC)CCCCCCCC)c3cc(-c4ccc(-c5ccc6ccc7cccc8ccc5c6c78)s4)ccc32)c2ccc(-c3ccc(-c4ccc5ccc6cccc7ccc4c5c67)s3)cc21. The topological polar surface area (TPSA) is 40.6 Å². The largest absolute Gasteiger partial charge is 0.307 e. The van der Waals surface area contributed by atoms with E-state index in [1.54, 1.807) is 0 Å². The van der Waals surface area contributed by atoms with E-state index in [1.807, 2.05) is 22.7 Å². The molecule has 0 bridgehead atoms. The maximum atomic E-state index is 16.3. The molecule has 2 atom stereocenters. The van der Waals surface area contributed by atoms with Crippen molar-refractivity contribution in [2.45, 2.75) is 182 Å². The van der Waals surface area contributed by atoms with Crippen LogP contribution in [0.1, 0.15) is 193 Å². The number of amides is 2. The standard InChI is InChI=1S/C88H94N2O2S2/c1-5-9-13-17-19-23-29-59(27-21-15-11-7-3)57-89-75-55-67(77-51-53-79(93-77)69-45-39-65-37-35-61-31-25-33-63-41-47-71(69)83(65)81(61)63)43-49-73(75)85(87(89)91)86-74-50-44-68(56-76(74)90(88(86)92)58-60(28-22-16-12-8-4)30-24-20-18-14-10-6-2)78-52-54-80(94-78)70-46-40-66-38-36-62-32-26-34-64-42-48-72(70)84(66)82(62)64/h25-26,31-56,59-60H,5-24,27-30,57-58H2,1-4H3/b86-85+. The highest BCUT2D eigenvalue weighted by Crippen LogP contribution is 2.52. The molecule has 14 rings (SSSR count). The Morgan fingerprint density at radius 2 is 0.617 bits per heavy atom. The second-order valence-corrected chi connectivity index (χ2v) is 30.0. The summed E-state index contributed by atoms with van der Waals surface area (Å²) in [6.07, 6.45) is 29.1. The third kappa shape index (κ3) is 12.8. The van der Waals surface area contributed by atoms with Gasteiger partial charge in [-0.25, -0.2) is 0 Å². The highest BCUT2D eigenvalue weighted by Gasteiger charge is 2.43. The van der Waals surface area contributed by atoms with Gasteiger partial charge in [0, 0.05) is 43.7 Å². The van der Waals surface area contributed by atoms with Crippen molar-refractivity contribution in [3.8, 4) is 41.8 Å². The predicted molar refractivity (Wildman–Crippen MR) is 410 cm³/mol. The average molecular weight is 1280 g/mol. The molecule has 12 aromatic rings. The fraction of sp³-hybridized carbons (Fsp3) is 0.364. The molecule has 0 N–H and O–H groups in total. The van der Waals surface area contributed by atoms with Gasteiger partial charge in [-0.2, -0.15) is 0 Å². The highest BCUT2D eigenvalue weighted by molar-refractivity contribution is 7.19. The monoisotopic (exact) mass is 1270 g/mol. The first kappa shape index (κ1) is 63.7. The molecule has 2 aliphatic heterocycles. The van der Waals surface area contributed by atoms with Crippen LogP contribution in [0.3, 0.4) is 0 Å². The first-order chi connectivity index (χ1) is 46.3. The Balaban J connectivity index is 0.866. The number of anilines is 2. The van der Waals surface area contributed by atoms with Crippen LogP contribution in [0.2, 0.25) is 0 Å². The van der Waals surface area contributed by atoms with E-state index in [-0.39, 0.29) is 11.8 Å². The second kappa shape index (κ2) is 29.1. The average Bonchev–Trinajstić information content (AvgIpc) is 1.41. The molecule has 480 valence electrons. The normalized spacial score (nSPS) is 14.9. The van der Waals surface area contributed by atoms with Gasteiger partial charge in [-0.3, -0.25) is 9.59 Å². The third-order valence-electron chi connectivity index (χ3n) is 21.4. The van der Waals surface area contributed by atoms with E-state index in [0.717, 1.165) is 59.3 Å². The van der Waals surface area contributed by atoms with E-state index in [0.29, 0.717) is 36.1 Å². The molecular weight excluding hydrogens is 1180 g/mol. The van der Waals surface area contributed by atoms with Crippen molar-refractivity contribution < 1.29 is 9.59 Å². The van der Waals surface area contributed by atoms with Crippen LogP contribution in [0.5, 0.6) is 0 Å². The van der Waals surface area contributed by atoms with Crippen LogP contribution >= 0.6 is 22.7 Å². The zero-order valence-corrected chi connectivity index (χ0v) is 57.9. The minimum atomic E-state index is -0.0196. The van der Waals surface area contributed by atoms with Crippen LogP contribution in [0.15, 0.2) is 170 Å². The Bertz CT molecular complexity index is 4350. The zero-order valence-electron chi connectivity index (χ0n) is 56.2. The summed E-state index contributed by atoms with van der Waals surface area (Å²) in [6.45, 7) is 10.5. The van der Waals surface area contributed by atoms with Gasteiger partial charge >= 0.3 is 0 Å². The van der Waals surface area contributed by atoms with Crippen LogP contribution in [0.4, 0.5) is 11.4 Å². The van der Waals surface area contributed by atoms with Crippen LogP contribution in [0.25, 0.3) is 118 Å². The summed E-state index contributed by atoms with van der Waals surface area (Å²) in [4.78, 5) is 41.7. The smallest absolute Gasteiger partial charge is 0.259 e. The number of benzene rings is 10. The predicted octanol–water partition coefficient (Wildman–Crippen LogP) is 26.6. The molecule has 2 unspecified atom stereocenters. The Kier molecular flexibility index (Phi) is 19.8. The van der Waals surface area contributed by atoms with Crippen molar-refractivity contribution in [2.75, 3.05) is 22.9 Å². The van der Waals surface area contributed by atoms with E-state index in [1.165, 1.54) is 224 Å². The van der Waals surface area contributed by atoms with E-state index in [2.05, 4.69) is 207 Å². The van der Waals surface area contributed by atoms with Gasteiger partial charge in [-0.05, 0) is 161 Å². The number of hydrogen-bond acceptors (Lipinski definition) is 4. The van der Waals surface area contributed by atoms with Crippen molar-refractivity contribution in [3.05, 3.63) is 181 Å². The number of rotatable bonds is 32. The molecule has 0 radical (unpaired) electrons. The van der Waals surface area contributed by atoms with Crippen molar-refractivity contribution in [1.82, 2.24) is 0 Å². The summed E-state index contributed by atoms with van der Waals surface area (Å²) >= 11 is 3.67. The quantitative estimate of drug-likeness (QED) is 0.0239. The van der Waals surface area contributed by atoms with E-state index >= 15 is 9.59 Å². The summed E-state index contributed by atoms with van der Waals surface area (Å²) in [5, 5.41) is 15.5. The van der Waals surface area contributed by atoms with E-state index in [9.17, 15) is 0 Å². The number of carbonyl (C=O) groups excluding carboxylic acids is 2. The lowest BCUT2D eigenvalue weighted by molar-refractivity contribution is -0.114. The molecule has 6 heteroatoms. The molecule has 0 saturated carbocycles. The van der Waals surface area contributed by atoms with Crippen molar-refractivity contribution in [3.63, 3.8) is 0 Å². The lowest BCUT2D eigenvalue weighted by Gasteiger charge is -2.25. The fourth-order valence-corrected chi connectivity index (χ4v) is 18.4. The molecule has 4 heterocycles. The Morgan fingerprint density at radius 1 is 0.309 bits per heavy atom. The number of thiophene rings is 2. The van der Waals surface area contributed by atoms with Crippen LogP contribution in [0, 0.1) is 11.8 Å². The van der Waals surface area contributed by atoms with Gasteiger partial charge < -0.3 is 9.80 Å². The van der Waals surface area contributed by atoms with Gasteiger partial charge in [0.15, 0.2) is 0 Å². The number of nitrogens with zero attached hydrogens (tertiary/aromatic N) is 2. The maximum absolute atomic E-state index is 16.3. The van der Waals surface area contributed by atoms with Gasteiger partial charge in [0.1, 0.15) is 0 Å². The molecule has 4 nitrogen and oxygen atoms in total. The molecule has 10 aromatic carbocycles. The van der Waals surface area contributed by atoms with Crippen LogP contribution in [-0.4, -0.2) is 24.9 Å². The summed E-state index contributed by atoms with van der Waals surface area (Å²) in [7, 11) is 0. The lowest BCUT2D eigenvalue weighted by Crippen LogP contribution is -2.34. The Hall–Kier alpha value is -7.64. The van der Waals surface area contributed by atoms with Gasteiger partial charge in [-0.15, -0.1) is 22.7 Å². The molecular formula is C88H94N2O2S2. The van der Waals surface area contributed by atoms with Crippen molar-refractivity contribution in [2.24, 2.45) is 11.8 Å². The molecule has 0 saturated heterocycles. The highest BCUT2D eigenvalue weighted by atomic mass is 32.1. The molecule has 94 heavy (non-hydrogen) atoms. The molecule has 0 fully saturated rings. The first-order valence-corrected chi connectivity index (χ1v) is 38.2. The van der Waals surface area contributed by atoms with Crippen LogP contribution < -0.4 is 9.80 Å². The minimum absolute atomic E-state index is 0.0196. The number of fused-ring (bicyclic) bond motifs is 2. The second-order valence-electron chi connectivity index (χ2n) is 27.9. The summed E-state index contributed by atoms with van der Waals surface area (Å²) in [6, 6.07) is 63.4. The first-order valence-electron chi connectivity index (χ1n) is 36.5. The van der Waals surface area contributed by atoms with Crippen molar-refractivity contribution >= 4 is 122 Å². The minimum Gasteiger partial charge on any atom is -0.307 e. The van der Waals surface area contributed by atoms with E-state index < -0.39 is 0 Å². The Labute approximate surface area is 566 Å². The van der Waals surface area contributed by atoms with Gasteiger partial charge in [0.25, 0.3) is 11.8 Å². The zero-order chi connectivity index (χ0) is 64.1. The number of unbranched alkanes of at least 4 members (excludes halogenated alkanes) is 16. The molecule has 2 amide bonds. The summed E-state index contributed by atoms with van der Waals surface area (Å²) in [5.41, 5.74) is 9.54. The summed E-state index contributed by atoms with van der Waals surface area (Å²) in [5.74, 6) is 0.671. The van der Waals surface area contributed by atoms with Gasteiger partial charge in [0.2, 0.25) is 0 Å². The van der Waals surface area contributed by atoms with Crippen molar-refractivity contribution in [1.29, 1.82) is 0 Å². The summed E-state index contributed by atoms with van der Waals surface area (Å²) < 4.78 is 0. The maximum Gasteiger partial charge on any atom is 0.259 e. The van der Waals surface area contributed by atoms with Gasteiger partial charge in [-0.1, -0.05) is 290 Å². The molecule has 2 aromatic heterocycles. The molecule has 0 spiro atoms. The fourth-order valence-electron chi connectivity index (χ4n) is 16.3. The van der Waals surface area contributed by atoms with E-state index in [4.69, 9.17) is 0 Å². The lowest BCUT2D eigenvalue weighted by atomic mass is 9.91. The number of hydrogen-bond donors (Lipinski definition) is 0. The molecule has 0 aliphatic carbocycles. The third-order valence-corrected chi connectivity index (χ3v) is 23.7. The number of carbonyl (C=O) groups is 2. The molecule has 2 aliphatic rings. The van der Waals surface area contributed by atoms with Crippen LogP contribution in [-0.2, 0) is 9.59 Å². The van der Waals surface area contributed by atoms with Gasteiger partial charge in [0.05, 0.1) is 22.5 Å². The Morgan fingerprint density at radius 3 is 1.00 bits per heavy atom.